The van der Waals surface area contributed by atoms with Crippen molar-refractivity contribution in [2.24, 2.45) is 0 Å². The minimum atomic E-state index is -0.506. The molecule has 24 heavy (non-hydrogen) atoms. The Kier molecular flexibility index (Phi) is 7.40. The van der Waals surface area contributed by atoms with Crippen LogP contribution < -0.4 is 0 Å². The molecule has 0 unspecified atom stereocenters. The lowest BCUT2D eigenvalue weighted by Crippen LogP contribution is -2.35. The highest BCUT2D eigenvalue weighted by Crippen LogP contribution is 2.18. The maximum absolute atomic E-state index is 14.0. The zero-order valence-electron chi connectivity index (χ0n) is 13.7. The fourth-order valence-electron chi connectivity index (χ4n) is 2.47. The van der Waals surface area contributed by atoms with Crippen LogP contribution in [0.25, 0.3) is 0 Å². The molecule has 0 aromatic heterocycles. The Hall–Kier alpha value is -1.72. The fraction of sp³-hybridized carbons (Fsp3) is 0.316. The summed E-state index contributed by atoms with van der Waals surface area (Å²) in [5.41, 5.74) is 1.31. The van der Waals surface area contributed by atoms with Crippen LogP contribution in [0.1, 0.15) is 22.3 Å². The maximum atomic E-state index is 14.0. The number of rotatable bonds is 8. The van der Waals surface area contributed by atoms with E-state index in [4.69, 9.17) is 4.74 Å². The number of methoxy groups -OCH3 is 1. The molecule has 0 saturated carbocycles. The molecule has 2 aromatic rings. The van der Waals surface area contributed by atoms with Crippen molar-refractivity contribution in [2.45, 2.75) is 12.8 Å². The van der Waals surface area contributed by atoms with Gasteiger partial charge in [-0.2, -0.15) is 0 Å². The van der Waals surface area contributed by atoms with Crippen LogP contribution in [0.15, 0.2) is 53.0 Å². The number of ether oxygens (including phenoxy) is 1. The van der Waals surface area contributed by atoms with Crippen LogP contribution in [-0.4, -0.2) is 37.6 Å². The van der Waals surface area contributed by atoms with E-state index in [1.165, 1.54) is 17.7 Å². The van der Waals surface area contributed by atoms with Gasteiger partial charge in [-0.25, -0.2) is 4.39 Å². The summed E-state index contributed by atoms with van der Waals surface area (Å²) in [5, 5.41) is 0. The molecule has 0 atom stereocenters. The lowest BCUT2D eigenvalue weighted by atomic mass is 10.1. The number of carbonyl (C=O) groups is 1. The molecule has 0 heterocycles. The van der Waals surface area contributed by atoms with Crippen LogP contribution in [0.5, 0.6) is 0 Å². The van der Waals surface area contributed by atoms with Crippen molar-refractivity contribution in [2.75, 3.05) is 26.8 Å². The summed E-state index contributed by atoms with van der Waals surface area (Å²) in [4.78, 5) is 14.3. The van der Waals surface area contributed by atoms with Gasteiger partial charge in [-0.15, -0.1) is 0 Å². The Labute approximate surface area is 150 Å². The summed E-state index contributed by atoms with van der Waals surface area (Å²) in [6.45, 7) is 1.42. The third kappa shape index (κ3) is 5.42. The second-order valence-corrected chi connectivity index (χ2v) is 6.41. The van der Waals surface area contributed by atoms with Gasteiger partial charge >= 0.3 is 0 Å². The Morgan fingerprint density at radius 2 is 1.92 bits per heavy atom. The first-order valence-electron chi connectivity index (χ1n) is 7.89. The quantitative estimate of drug-likeness (QED) is 0.668. The first-order valence-corrected chi connectivity index (χ1v) is 8.68. The number of aryl methyl sites for hydroxylation is 1. The minimum absolute atomic E-state index is 0.0835. The molecule has 0 radical (unpaired) electrons. The maximum Gasteiger partial charge on any atom is 0.256 e. The summed E-state index contributed by atoms with van der Waals surface area (Å²) in [7, 11) is 1.59. The summed E-state index contributed by atoms with van der Waals surface area (Å²) < 4.78 is 19.8. The third-order valence-electron chi connectivity index (χ3n) is 3.75. The van der Waals surface area contributed by atoms with Gasteiger partial charge in [0.15, 0.2) is 0 Å². The lowest BCUT2D eigenvalue weighted by molar-refractivity contribution is 0.0688. The molecule has 3 nitrogen and oxygen atoms in total. The van der Waals surface area contributed by atoms with E-state index in [2.05, 4.69) is 28.1 Å². The molecule has 0 aliphatic carbocycles. The molecule has 5 heteroatoms. The van der Waals surface area contributed by atoms with Crippen LogP contribution in [0, 0.1) is 5.82 Å². The standard InChI is InChI=1S/C19H21BrFNO2/c1-24-13-12-22(11-5-8-15-6-3-2-4-7-15)19(23)17-14-16(20)9-10-18(17)21/h2-4,6-7,9-10,14H,5,8,11-13H2,1H3. The molecule has 0 saturated heterocycles. The van der Waals surface area contributed by atoms with E-state index in [-0.39, 0.29) is 11.5 Å². The number of carbonyl (C=O) groups excluding carboxylic acids is 1. The molecule has 1 amide bonds. The van der Waals surface area contributed by atoms with Gasteiger partial charge in [0.2, 0.25) is 0 Å². The monoisotopic (exact) mass is 393 g/mol. The molecule has 0 aliphatic heterocycles. The second-order valence-electron chi connectivity index (χ2n) is 5.50. The van der Waals surface area contributed by atoms with Crippen LogP contribution in [0.4, 0.5) is 4.39 Å². The summed E-state index contributed by atoms with van der Waals surface area (Å²) in [5.74, 6) is -0.812. The lowest BCUT2D eigenvalue weighted by Gasteiger charge is -2.23. The molecule has 128 valence electrons. The summed E-state index contributed by atoms with van der Waals surface area (Å²) in [6.07, 6.45) is 1.69. The van der Waals surface area contributed by atoms with Crippen molar-refractivity contribution in [1.82, 2.24) is 4.90 Å². The highest BCUT2D eigenvalue weighted by atomic mass is 79.9. The Morgan fingerprint density at radius 1 is 1.17 bits per heavy atom. The number of halogens is 2. The number of hydrogen-bond acceptors (Lipinski definition) is 2. The summed E-state index contributed by atoms with van der Waals surface area (Å²) in [6, 6.07) is 14.5. The van der Waals surface area contributed by atoms with E-state index in [1.54, 1.807) is 18.1 Å². The molecule has 0 aliphatic rings. The van der Waals surface area contributed by atoms with E-state index >= 15 is 0 Å². The molecular weight excluding hydrogens is 373 g/mol. The molecular formula is C19H21BrFNO2. The van der Waals surface area contributed by atoms with Crippen molar-refractivity contribution in [3.05, 3.63) is 69.9 Å². The topological polar surface area (TPSA) is 29.5 Å². The minimum Gasteiger partial charge on any atom is -0.383 e. The van der Waals surface area contributed by atoms with Crippen molar-refractivity contribution in [1.29, 1.82) is 0 Å². The van der Waals surface area contributed by atoms with Crippen LogP contribution in [0.3, 0.4) is 0 Å². The highest BCUT2D eigenvalue weighted by Gasteiger charge is 2.19. The van der Waals surface area contributed by atoms with Gasteiger partial charge in [0, 0.05) is 24.7 Å². The predicted molar refractivity (Wildman–Crippen MR) is 96.6 cm³/mol. The van der Waals surface area contributed by atoms with E-state index in [0.29, 0.717) is 24.2 Å². The molecule has 0 spiro atoms. The molecule has 2 rings (SSSR count). The van der Waals surface area contributed by atoms with Gasteiger partial charge < -0.3 is 9.64 Å². The number of benzene rings is 2. The number of nitrogens with zero attached hydrogens (tertiary/aromatic N) is 1. The van der Waals surface area contributed by atoms with Gasteiger partial charge in [0.05, 0.1) is 12.2 Å². The van der Waals surface area contributed by atoms with Crippen LogP contribution >= 0.6 is 15.9 Å². The zero-order chi connectivity index (χ0) is 17.4. The summed E-state index contributed by atoms with van der Waals surface area (Å²) >= 11 is 3.29. The molecule has 2 aromatic carbocycles. The van der Waals surface area contributed by atoms with E-state index in [0.717, 1.165) is 12.8 Å². The second kappa shape index (κ2) is 9.55. The predicted octanol–water partition coefficient (Wildman–Crippen LogP) is 4.31. The Balaban J connectivity index is 2.03. The average molecular weight is 394 g/mol. The SMILES string of the molecule is COCCN(CCCc1ccccc1)C(=O)c1cc(Br)ccc1F. The smallest absolute Gasteiger partial charge is 0.256 e. The first-order chi connectivity index (χ1) is 11.6. The normalized spacial score (nSPS) is 10.6. The van der Waals surface area contributed by atoms with Gasteiger partial charge in [0.25, 0.3) is 5.91 Å². The molecule has 0 N–H and O–H groups in total. The fourth-order valence-corrected chi connectivity index (χ4v) is 2.83. The van der Waals surface area contributed by atoms with E-state index in [1.807, 2.05) is 18.2 Å². The van der Waals surface area contributed by atoms with E-state index < -0.39 is 5.82 Å². The van der Waals surface area contributed by atoms with Crippen molar-refractivity contribution >= 4 is 21.8 Å². The van der Waals surface area contributed by atoms with E-state index in [9.17, 15) is 9.18 Å². The molecule has 0 bridgehead atoms. The van der Waals surface area contributed by atoms with Gasteiger partial charge in [-0.3, -0.25) is 4.79 Å². The van der Waals surface area contributed by atoms with Gasteiger partial charge in [0.1, 0.15) is 5.82 Å². The number of amides is 1. The largest absolute Gasteiger partial charge is 0.383 e. The van der Waals surface area contributed by atoms with Gasteiger partial charge in [-0.05, 0) is 36.6 Å². The Morgan fingerprint density at radius 3 is 2.62 bits per heavy atom. The van der Waals surface area contributed by atoms with Crippen molar-refractivity contribution < 1.29 is 13.9 Å². The van der Waals surface area contributed by atoms with Crippen molar-refractivity contribution in [3.63, 3.8) is 0 Å². The first kappa shape index (κ1) is 18.6. The van der Waals surface area contributed by atoms with Crippen LogP contribution in [0.2, 0.25) is 0 Å². The average Bonchev–Trinajstić information content (AvgIpc) is 2.60. The Bertz CT molecular complexity index is 664. The van der Waals surface area contributed by atoms with Gasteiger partial charge in [-0.1, -0.05) is 46.3 Å². The van der Waals surface area contributed by atoms with Crippen molar-refractivity contribution in [3.8, 4) is 0 Å². The highest BCUT2D eigenvalue weighted by molar-refractivity contribution is 9.10. The molecule has 0 fully saturated rings. The number of hydrogen-bond donors (Lipinski definition) is 0. The van der Waals surface area contributed by atoms with Crippen LogP contribution in [-0.2, 0) is 11.2 Å². The third-order valence-corrected chi connectivity index (χ3v) is 4.24. The zero-order valence-corrected chi connectivity index (χ0v) is 15.3.